The predicted molar refractivity (Wildman–Crippen MR) is 89.8 cm³/mol. The standard InChI is InChI=1S/C19H18N4O/c24-18(15-7-2-1-3-8-15)12-13-19-20-21-22-23(19)17-11-10-14-6-4-5-9-16(14)17/h1-9,17H,10-13H2. The van der Waals surface area contributed by atoms with Crippen molar-refractivity contribution in [1.82, 2.24) is 20.2 Å². The SMILES string of the molecule is O=C(CCc1nnnn1C1CCc2ccccc21)c1ccccc1. The number of fused-ring (bicyclic) bond motifs is 1. The maximum Gasteiger partial charge on any atom is 0.163 e. The molecular weight excluding hydrogens is 300 g/mol. The Morgan fingerprint density at radius 3 is 2.75 bits per heavy atom. The summed E-state index contributed by atoms with van der Waals surface area (Å²) in [5, 5.41) is 12.2. The lowest BCUT2D eigenvalue weighted by atomic mass is 10.1. The van der Waals surface area contributed by atoms with Crippen LogP contribution in [0.15, 0.2) is 54.6 Å². The summed E-state index contributed by atoms with van der Waals surface area (Å²) in [5.41, 5.74) is 3.40. The number of Topliss-reactive ketones (excluding diaryl/α,β-unsaturated/α-hetero) is 1. The van der Waals surface area contributed by atoms with Crippen LogP contribution in [0.1, 0.15) is 46.2 Å². The number of hydrogen-bond donors (Lipinski definition) is 0. The monoisotopic (exact) mass is 318 g/mol. The zero-order valence-corrected chi connectivity index (χ0v) is 13.3. The summed E-state index contributed by atoms with van der Waals surface area (Å²) in [6.07, 6.45) is 3.02. The molecule has 0 bridgehead atoms. The molecular formula is C19H18N4O. The van der Waals surface area contributed by atoms with E-state index in [1.165, 1.54) is 11.1 Å². The number of benzene rings is 2. The van der Waals surface area contributed by atoms with Crippen LogP contribution in [0.2, 0.25) is 0 Å². The van der Waals surface area contributed by atoms with Gasteiger partial charge in [0, 0.05) is 18.4 Å². The fourth-order valence-electron chi connectivity index (χ4n) is 3.40. The van der Waals surface area contributed by atoms with Crippen molar-refractivity contribution < 1.29 is 4.79 Å². The normalized spacial score (nSPS) is 16.1. The molecule has 1 unspecified atom stereocenters. The zero-order valence-electron chi connectivity index (χ0n) is 13.3. The summed E-state index contributed by atoms with van der Waals surface area (Å²) in [7, 11) is 0. The van der Waals surface area contributed by atoms with Gasteiger partial charge in [-0.2, -0.15) is 0 Å². The number of rotatable bonds is 5. The largest absolute Gasteiger partial charge is 0.294 e. The zero-order chi connectivity index (χ0) is 16.4. The molecule has 0 fully saturated rings. The van der Waals surface area contributed by atoms with Gasteiger partial charge in [-0.25, -0.2) is 4.68 Å². The van der Waals surface area contributed by atoms with E-state index in [2.05, 4.69) is 39.8 Å². The van der Waals surface area contributed by atoms with Crippen molar-refractivity contribution in [3.63, 3.8) is 0 Å². The molecule has 4 rings (SSSR count). The van der Waals surface area contributed by atoms with Crippen LogP contribution in [0.5, 0.6) is 0 Å². The molecule has 1 aliphatic rings. The first kappa shape index (κ1) is 14.8. The molecule has 1 atom stereocenters. The van der Waals surface area contributed by atoms with Crippen LogP contribution >= 0.6 is 0 Å². The smallest absolute Gasteiger partial charge is 0.163 e. The lowest BCUT2D eigenvalue weighted by molar-refractivity contribution is 0.0981. The topological polar surface area (TPSA) is 60.7 Å². The van der Waals surface area contributed by atoms with Crippen LogP contribution < -0.4 is 0 Å². The number of tetrazole rings is 1. The number of aromatic nitrogens is 4. The summed E-state index contributed by atoms with van der Waals surface area (Å²) in [5.74, 6) is 0.901. The molecule has 5 nitrogen and oxygen atoms in total. The van der Waals surface area contributed by atoms with E-state index in [-0.39, 0.29) is 11.8 Å². The Hall–Kier alpha value is -2.82. The number of hydrogen-bond acceptors (Lipinski definition) is 4. The van der Waals surface area contributed by atoms with E-state index in [1.54, 1.807) is 0 Å². The van der Waals surface area contributed by atoms with Gasteiger partial charge in [-0.3, -0.25) is 4.79 Å². The maximum absolute atomic E-state index is 12.3. The Labute approximate surface area is 140 Å². The van der Waals surface area contributed by atoms with Crippen molar-refractivity contribution in [2.75, 3.05) is 0 Å². The van der Waals surface area contributed by atoms with Gasteiger partial charge in [-0.05, 0) is 34.4 Å². The van der Waals surface area contributed by atoms with Crippen LogP contribution in [0.25, 0.3) is 0 Å². The number of ketones is 1. The van der Waals surface area contributed by atoms with Gasteiger partial charge in [0.1, 0.15) is 0 Å². The van der Waals surface area contributed by atoms with Gasteiger partial charge in [0.2, 0.25) is 0 Å². The van der Waals surface area contributed by atoms with Crippen molar-refractivity contribution in [3.05, 3.63) is 77.1 Å². The minimum atomic E-state index is 0.122. The first-order chi connectivity index (χ1) is 11.8. The van der Waals surface area contributed by atoms with Crippen LogP contribution in [0, 0.1) is 0 Å². The molecule has 1 heterocycles. The summed E-state index contributed by atoms with van der Waals surface area (Å²) in [6.45, 7) is 0. The van der Waals surface area contributed by atoms with Crippen LogP contribution in [0.4, 0.5) is 0 Å². The molecule has 1 aliphatic carbocycles. The molecule has 3 aromatic rings. The fraction of sp³-hybridized carbons (Fsp3) is 0.263. The van der Waals surface area contributed by atoms with Gasteiger partial charge in [0.05, 0.1) is 6.04 Å². The first-order valence-electron chi connectivity index (χ1n) is 8.26. The molecule has 0 radical (unpaired) electrons. The van der Waals surface area contributed by atoms with Crippen LogP contribution in [-0.2, 0) is 12.8 Å². The van der Waals surface area contributed by atoms with Gasteiger partial charge in [-0.15, -0.1) is 5.10 Å². The van der Waals surface area contributed by atoms with Gasteiger partial charge in [-0.1, -0.05) is 54.6 Å². The number of carbonyl (C=O) groups excluding carboxylic acids is 1. The van der Waals surface area contributed by atoms with Gasteiger partial charge in [0.15, 0.2) is 11.6 Å². The first-order valence-corrected chi connectivity index (χ1v) is 8.26. The van der Waals surface area contributed by atoms with Crippen LogP contribution in [0.3, 0.4) is 0 Å². The van der Waals surface area contributed by atoms with E-state index in [0.29, 0.717) is 12.8 Å². The molecule has 5 heteroatoms. The highest BCUT2D eigenvalue weighted by molar-refractivity contribution is 5.96. The molecule has 0 amide bonds. The third kappa shape index (κ3) is 2.73. The van der Waals surface area contributed by atoms with E-state index in [4.69, 9.17) is 0 Å². The second-order valence-corrected chi connectivity index (χ2v) is 6.08. The summed E-state index contributed by atoms with van der Waals surface area (Å²) in [6, 6.07) is 18.0. The third-order valence-corrected chi connectivity index (χ3v) is 4.63. The molecule has 120 valence electrons. The Kier molecular flexibility index (Phi) is 3.91. The summed E-state index contributed by atoms with van der Waals surface area (Å²) >= 11 is 0. The van der Waals surface area contributed by atoms with Crippen molar-refractivity contribution in [3.8, 4) is 0 Å². The van der Waals surface area contributed by atoms with Crippen molar-refractivity contribution >= 4 is 5.78 Å². The van der Waals surface area contributed by atoms with E-state index in [1.807, 2.05) is 35.0 Å². The molecule has 0 spiro atoms. The second kappa shape index (κ2) is 6.35. The molecule has 2 aromatic carbocycles. The van der Waals surface area contributed by atoms with E-state index < -0.39 is 0 Å². The maximum atomic E-state index is 12.3. The van der Waals surface area contributed by atoms with Crippen molar-refractivity contribution in [1.29, 1.82) is 0 Å². The predicted octanol–water partition coefficient (Wildman–Crippen LogP) is 3.02. The molecule has 1 aromatic heterocycles. The highest BCUT2D eigenvalue weighted by atomic mass is 16.1. The highest BCUT2D eigenvalue weighted by Gasteiger charge is 2.26. The Balaban J connectivity index is 1.51. The molecule has 0 N–H and O–H groups in total. The Morgan fingerprint density at radius 2 is 1.88 bits per heavy atom. The second-order valence-electron chi connectivity index (χ2n) is 6.08. The van der Waals surface area contributed by atoms with E-state index in [9.17, 15) is 4.79 Å². The van der Waals surface area contributed by atoms with E-state index in [0.717, 1.165) is 24.2 Å². The number of aryl methyl sites for hydroxylation is 2. The van der Waals surface area contributed by atoms with Crippen molar-refractivity contribution in [2.24, 2.45) is 0 Å². The molecule has 24 heavy (non-hydrogen) atoms. The quantitative estimate of drug-likeness (QED) is 0.678. The molecule has 0 aliphatic heterocycles. The van der Waals surface area contributed by atoms with Gasteiger partial charge < -0.3 is 0 Å². The van der Waals surface area contributed by atoms with Crippen LogP contribution in [-0.4, -0.2) is 26.0 Å². The lowest BCUT2D eigenvalue weighted by Crippen LogP contribution is -2.14. The summed E-state index contributed by atoms with van der Waals surface area (Å²) < 4.78 is 1.89. The van der Waals surface area contributed by atoms with Gasteiger partial charge in [0.25, 0.3) is 0 Å². The van der Waals surface area contributed by atoms with Crippen molar-refractivity contribution in [2.45, 2.75) is 31.7 Å². The Morgan fingerprint density at radius 1 is 1.08 bits per heavy atom. The lowest BCUT2D eigenvalue weighted by Gasteiger charge is -2.13. The minimum Gasteiger partial charge on any atom is -0.294 e. The molecule has 0 saturated heterocycles. The Bertz CT molecular complexity index is 857. The average Bonchev–Trinajstić information content (AvgIpc) is 3.26. The average molecular weight is 318 g/mol. The third-order valence-electron chi connectivity index (χ3n) is 4.63. The highest BCUT2D eigenvalue weighted by Crippen LogP contribution is 2.34. The number of carbonyl (C=O) groups is 1. The van der Waals surface area contributed by atoms with Gasteiger partial charge >= 0.3 is 0 Å². The van der Waals surface area contributed by atoms with E-state index >= 15 is 0 Å². The molecule has 0 saturated carbocycles. The fourth-order valence-corrected chi connectivity index (χ4v) is 3.40. The summed E-state index contributed by atoms with van der Waals surface area (Å²) in [4.78, 5) is 12.3. The minimum absolute atomic E-state index is 0.122. The number of nitrogens with zero attached hydrogens (tertiary/aromatic N) is 4.